The van der Waals surface area contributed by atoms with Gasteiger partial charge in [-0.1, -0.05) is 11.6 Å². The third-order valence-corrected chi connectivity index (χ3v) is 4.81. The molecule has 0 bridgehead atoms. The summed E-state index contributed by atoms with van der Waals surface area (Å²) in [5.74, 6) is -0.237. The second kappa shape index (κ2) is 11.3. The maximum atomic E-state index is 12.7. The Hall–Kier alpha value is -1.74. The van der Waals surface area contributed by atoms with Gasteiger partial charge in [-0.15, -0.1) is 12.4 Å². The van der Waals surface area contributed by atoms with Crippen LogP contribution in [0.25, 0.3) is 0 Å². The maximum absolute atomic E-state index is 12.7. The van der Waals surface area contributed by atoms with Crippen LogP contribution in [-0.4, -0.2) is 69.4 Å². The van der Waals surface area contributed by atoms with Gasteiger partial charge in [0.25, 0.3) is 5.91 Å². The quantitative estimate of drug-likeness (QED) is 0.496. The zero-order valence-electron chi connectivity index (χ0n) is 16.2. The number of nitrogens with two attached hydrogens (primary N) is 1. The molecule has 3 N–H and O–H groups in total. The van der Waals surface area contributed by atoms with Crippen molar-refractivity contribution in [1.29, 1.82) is 0 Å². The number of halogens is 2. The molecule has 158 valence electrons. The SMILES string of the molecule is CCOC(=O)CN1CC[C@@H](NC(=O)c2cc(Cl)c(N)cc2OC)[C@@H](OC)C1.Cl. The Morgan fingerprint density at radius 1 is 1.36 bits per heavy atom. The van der Waals surface area contributed by atoms with Crippen molar-refractivity contribution in [1.82, 2.24) is 10.2 Å². The van der Waals surface area contributed by atoms with E-state index in [0.29, 0.717) is 43.1 Å². The van der Waals surface area contributed by atoms with E-state index in [1.54, 1.807) is 14.0 Å². The number of ether oxygens (including phenoxy) is 3. The normalized spacial score (nSPS) is 19.4. The molecule has 1 aliphatic heterocycles. The second-order valence-electron chi connectivity index (χ2n) is 6.26. The number of nitrogens with zero attached hydrogens (tertiary/aromatic N) is 1. The maximum Gasteiger partial charge on any atom is 0.320 e. The molecule has 28 heavy (non-hydrogen) atoms. The summed E-state index contributed by atoms with van der Waals surface area (Å²) in [6.07, 6.45) is 0.377. The summed E-state index contributed by atoms with van der Waals surface area (Å²) in [6.45, 7) is 3.49. The number of methoxy groups -OCH3 is 2. The number of hydrogen-bond acceptors (Lipinski definition) is 7. The number of piperidine rings is 1. The average Bonchev–Trinajstić information content (AvgIpc) is 2.64. The zero-order valence-corrected chi connectivity index (χ0v) is 17.8. The molecule has 0 aromatic heterocycles. The Morgan fingerprint density at radius 3 is 2.68 bits per heavy atom. The number of esters is 1. The number of anilines is 1. The van der Waals surface area contributed by atoms with Crippen molar-refractivity contribution in [3.05, 3.63) is 22.7 Å². The number of carbonyl (C=O) groups is 2. The summed E-state index contributed by atoms with van der Waals surface area (Å²) < 4.78 is 15.7. The van der Waals surface area contributed by atoms with Gasteiger partial charge in [-0.05, 0) is 19.4 Å². The number of benzene rings is 1. The van der Waals surface area contributed by atoms with Crippen molar-refractivity contribution in [3.8, 4) is 5.75 Å². The molecule has 0 saturated carbocycles. The smallest absolute Gasteiger partial charge is 0.320 e. The van der Waals surface area contributed by atoms with Crippen molar-refractivity contribution in [2.24, 2.45) is 0 Å². The van der Waals surface area contributed by atoms with E-state index in [1.807, 2.05) is 4.90 Å². The minimum absolute atomic E-state index is 0. The number of carbonyl (C=O) groups excluding carboxylic acids is 2. The highest BCUT2D eigenvalue weighted by Gasteiger charge is 2.32. The molecule has 8 nitrogen and oxygen atoms in total. The number of amides is 1. The third-order valence-electron chi connectivity index (χ3n) is 4.48. The molecule has 1 aromatic carbocycles. The van der Waals surface area contributed by atoms with Gasteiger partial charge in [0.1, 0.15) is 5.75 Å². The summed E-state index contributed by atoms with van der Waals surface area (Å²) >= 11 is 6.04. The van der Waals surface area contributed by atoms with Gasteiger partial charge in [0.15, 0.2) is 0 Å². The van der Waals surface area contributed by atoms with Gasteiger partial charge < -0.3 is 25.3 Å². The lowest BCUT2D eigenvalue weighted by Gasteiger charge is -2.37. The highest BCUT2D eigenvalue weighted by Crippen LogP contribution is 2.29. The van der Waals surface area contributed by atoms with E-state index in [1.165, 1.54) is 19.2 Å². The van der Waals surface area contributed by atoms with Crippen LogP contribution < -0.4 is 15.8 Å². The van der Waals surface area contributed by atoms with Gasteiger partial charge in [-0.2, -0.15) is 0 Å². The van der Waals surface area contributed by atoms with Crippen molar-refractivity contribution in [2.45, 2.75) is 25.5 Å². The molecule has 10 heteroatoms. The first kappa shape index (κ1) is 24.3. The first-order valence-electron chi connectivity index (χ1n) is 8.74. The Labute approximate surface area is 176 Å². The first-order valence-corrected chi connectivity index (χ1v) is 9.12. The highest BCUT2D eigenvalue weighted by atomic mass is 35.5. The lowest BCUT2D eigenvalue weighted by atomic mass is 10.0. The number of nitrogen functional groups attached to an aromatic ring is 1. The van der Waals surface area contributed by atoms with E-state index in [9.17, 15) is 9.59 Å². The van der Waals surface area contributed by atoms with Gasteiger partial charge in [0, 0.05) is 26.3 Å². The summed E-state index contributed by atoms with van der Waals surface area (Å²) in [7, 11) is 3.05. The van der Waals surface area contributed by atoms with E-state index < -0.39 is 0 Å². The van der Waals surface area contributed by atoms with E-state index in [0.717, 1.165) is 0 Å². The molecule has 1 fully saturated rings. The molecule has 1 saturated heterocycles. The standard InChI is InChI=1S/C18H26ClN3O5.ClH/c1-4-27-17(23)10-22-6-5-14(16(9-22)26-3)21-18(24)11-7-12(19)13(20)8-15(11)25-2;/h7-8,14,16H,4-6,9-10,20H2,1-3H3,(H,21,24);1H/t14-,16+;/m1./s1. The minimum atomic E-state index is -0.320. The van der Waals surface area contributed by atoms with E-state index in [4.69, 9.17) is 31.5 Å². The Morgan fingerprint density at radius 2 is 2.07 bits per heavy atom. The van der Waals surface area contributed by atoms with Crippen LogP contribution in [0.4, 0.5) is 5.69 Å². The predicted molar refractivity (Wildman–Crippen MR) is 109 cm³/mol. The molecule has 0 aliphatic carbocycles. The predicted octanol–water partition coefficient (Wildman–Crippen LogP) is 1.73. The molecule has 2 atom stereocenters. The summed E-state index contributed by atoms with van der Waals surface area (Å²) in [6, 6.07) is 2.80. The van der Waals surface area contributed by atoms with Crippen LogP contribution in [0.2, 0.25) is 5.02 Å². The van der Waals surface area contributed by atoms with Crippen LogP contribution in [-0.2, 0) is 14.3 Å². The molecular formula is C18H27Cl2N3O5. The molecule has 1 aliphatic rings. The number of rotatable bonds is 7. The molecule has 2 rings (SSSR count). The van der Waals surface area contributed by atoms with Crippen molar-refractivity contribution in [3.63, 3.8) is 0 Å². The van der Waals surface area contributed by atoms with Crippen molar-refractivity contribution >= 4 is 41.6 Å². The summed E-state index contributed by atoms with van der Waals surface area (Å²) in [4.78, 5) is 26.4. The van der Waals surface area contributed by atoms with Crippen LogP contribution in [0.5, 0.6) is 5.75 Å². The van der Waals surface area contributed by atoms with Crippen LogP contribution >= 0.6 is 24.0 Å². The third kappa shape index (κ3) is 6.13. The Kier molecular flexibility index (Phi) is 9.81. The van der Waals surface area contributed by atoms with Crippen LogP contribution in [0.1, 0.15) is 23.7 Å². The Balaban J connectivity index is 0.00000392. The number of likely N-dealkylation sites (tertiary alicyclic amines) is 1. The fourth-order valence-electron chi connectivity index (χ4n) is 3.08. The fraction of sp³-hybridized carbons (Fsp3) is 0.556. The molecule has 1 amide bonds. The highest BCUT2D eigenvalue weighted by molar-refractivity contribution is 6.33. The van der Waals surface area contributed by atoms with Crippen molar-refractivity contribution in [2.75, 3.05) is 46.2 Å². The molecular weight excluding hydrogens is 409 g/mol. The van der Waals surface area contributed by atoms with Gasteiger partial charge in [-0.25, -0.2) is 0 Å². The van der Waals surface area contributed by atoms with Crippen LogP contribution in [0.3, 0.4) is 0 Å². The topological polar surface area (TPSA) is 103 Å². The molecule has 0 unspecified atom stereocenters. The van der Waals surface area contributed by atoms with Crippen LogP contribution in [0, 0.1) is 0 Å². The largest absolute Gasteiger partial charge is 0.496 e. The lowest BCUT2D eigenvalue weighted by molar-refractivity contribution is -0.145. The van der Waals surface area contributed by atoms with Gasteiger partial charge in [-0.3, -0.25) is 14.5 Å². The van der Waals surface area contributed by atoms with E-state index in [-0.39, 0.29) is 48.0 Å². The number of nitrogens with one attached hydrogen (secondary N) is 1. The van der Waals surface area contributed by atoms with E-state index in [2.05, 4.69) is 5.32 Å². The average molecular weight is 436 g/mol. The second-order valence-corrected chi connectivity index (χ2v) is 6.66. The molecule has 0 spiro atoms. The summed E-state index contributed by atoms with van der Waals surface area (Å²) in [5.41, 5.74) is 6.41. The minimum Gasteiger partial charge on any atom is -0.496 e. The summed E-state index contributed by atoms with van der Waals surface area (Å²) in [5, 5.41) is 3.26. The van der Waals surface area contributed by atoms with Crippen LogP contribution in [0.15, 0.2) is 12.1 Å². The first-order chi connectivity index (χ1) is 12.9. The van der Waals surface area contributed by atoms with E-state index >= 15 is 0 Å². The fourth-order valence-corrected chi connectivity index (χ4v) is 3.24. The molecule has 1 aromatic rings. The van der Waals surface area contributed by atoms with Crippen molar-refractivity contribution < 1.29 is 23.8 Å². The van der Waals surface area contributed by atoms with Gasteiger partial charge >= 0.3 is 5.97 Å². The Bertz CT molecular complexity index is 689. The van der Waals surface area contributed by atoms with Gasteiger partial charge in [0.05, 0.1) is 48.7 Å². The molecule has 0 radical (unpaired) electrons. The number of hydrogen-bond donors (Lipinski definition) is 2. The molecule has 1 heterocycles. The monoisotopic (exact) mass is 435 g/mol. The lowest BCUT2D eigenvalue weighted by Crippen LogP contribution is -2.55. The van der Waals surface area contributed by atoms with Gasteiger partial charge in [0.2, 0.25) is 0 Å². The zero-order chi connectivity index (χ0) is 20.0.